The Morgan fingerprint density at radius 3 is 2.42 bits per heavy atom. The molecule has 0 aromatic heterocycles. The number of carbonyl (C=O) groups excluding carboxylic acids is 1. The van der Waals surface area contributed by atoms with Gasteiger partial charge in [0, 0.05) is 12.6 Å². The van der Waals surface area contributed by atoms with Gasteiger partial charge in [0.15, 0.2) is 0 Å². The molecule has 1 rings (SSSR count). The second-order valence-corrected chi connectivity index (χ2v) is 7.23. The summed E-state index contributed by atoms with van der Waals surface area (Å²) in [5.74, 6) is 0. The number of aliphatic hydroxyl groups is 1. The highest BCUT2D eigenvalue weighted by Crippen LogP contribution is 2.10. The number of benzene rings is 1. The Morgan fingerprint density at radius 2 is 1.88 bits per heavy atom. The van der Waals surface area contributed by atoms with Gasteiger partial charge in [-0.3, -0.25) is 0 Å². The van der Waals surface area contributed by atoms with Gasteiger partial charge in [0.05, 0.1) is 12.1 Å². The van der Waals surface area contributed by atoms with E-state index in [4.69, 9.17) is 4.74 Å². The lowest BCUT2D eigenvalue weighted by Gasteiger charge is -2.27. The average molecular weight is 336 g/mol. The second-order valence-electron chi connectivity index (χ2n) is 7.23. The van der Waals surface area contributed by atoms with Crippen LogP contribution in [0.3, 0.4) is 0 Å². The maximum Gasteiger partial charge on any atom is 0.407 e. The van der Waals surface area contributed by atoms with E-state index in [-0.39, 0.29) is 0 Å². The molecular formula is C19H32N2O3. The summed E-state index contributed by atoms with van der Waals surface area (Å²) < 4.78 is 5.32. The van der Waals surface area contributed by atoms with E-state index < -0.39 is 23.8 Å². The highest BCUT2D eigenvalue weighted by Gasteiger charge is 2.25. The lowest BCUT2D eigenvalue weighted by molar-refractivity contribution is 0.0420. The first-order chi connectivity index (χ1) is 11.2. The molecule has 3 atom stereocenters. The van der Waals surface area contributed by atoms with E-state index in [9.17, 15) is 9.90 Å². The molecule has 136 valence electrons. The minimum Gasteiger partial charge on any atom is -0.444 e. The molecule has 1 aromatic rings. The van der Waals surface area contributed by atoms with Gasteiger partial charge in [-0.25, -0.2) is 4.79 Å². The Bertz CT molecular complexity index is 485. The van der Waals surface area contributed by atoms with Gasteiger partial charge in [-0.05, 0) is 46.1 Å². The second kappa shape index (κ2) is 9.64. The molecule has 5 heteroatoms. The predicted molar refractivity (Wildman–Crippen MR) is 97.1 cm³/mol. The van der Waals surface area contributed by atoms with Gasteiger partial charge in [-0.15, -0.1) is 0 Å². The molecule has 0 aliphatic rings. The smallest absolute Gasteiger partial charge is 0.407 e. The fraction of sp³-hybridized carbons (Fsp3) is 0.632. The van der Waals surface area contributed by atoms with Crippen LogP contribution in [0.2, 0.25) is 0 Å². The van der Waals surface area contributed by atoms with Crippen LogP contribution >= 0.6 is 0 Å². The summed E-state index contributed by atoms with van der Waals surface area (Å²) in [6, 6.07) is 9.71. The maximum atomic E-state index is 12.1. The zero-order valence-corrected chi connectivity index (χ0v) is 15.5. The zero-order valence-electron chi connectivity index (χ0n) is 15.5. The maximum absolute atomic E-state index is 12.1. The number of rotatable bonds is 8. The minimum atomic E-state index is -0.702. The first kappa shape index (κ1) is 20.5. The van der Waals surface area contributed by atoms with Gasteiger partial charge in [-0.1, -0.05) is 37.3 Å². The monoisotopic (exact) mass is 336 g/mol. The zero-order chi connectivity index (χ0) is 18.2. The topological polar surface area (TPSA) is 70.6 Å². The summed E-state index contributed by atoms with van der Waals surface area (Å²) in [5, 5.41) is 16.6. The average Bonchev–Trinajstić information content (AvgIpc) is 2.50. The first-order valence-corrected chi connectivity index (χ1v) is 8.66. The summed E-state index contributed by atoms with van der Waals surface area (Å²) in [4.78, 5) is 12.1. The van der Waals surface area contributed by atoms with Crippen molar-refractivity contribution in [3.63, 3.8) is 0 Å². The molecule has 24 heavy (non-hydrogen) atoms. The molecule has 0 bridgehead atoms. The fourth-order valence-corrected chi connectivity index (χ4v) is 2.22. The van der Waals surface area contributed by atoms with E-state index in [0.29, 0.717) is 19.0 Å². The fourth-order valence-electron chi connectivity index (χ4n) is 2.22. The number of hydrogen-bond donors (Lipinski definition) is 3. The quantitative estimate of drug-likeness (QED) is 0.683. The van der Waals surface area contributed by atoms with Gasteiger partial charge < -0.3 is 20.5 Å². The van der Waals surface area contributed by atoms with E-state index in [1.54, 1.807) is 0 Å². The SMILES string of the molecule is CC[C@@H](C)NC[C@@H](O)[C@H](Cc1ccccc1)NC(=O)OC(C)(C)C. The molecule has 3 N–H and O–H groups in total. The van der Waals surface area contributed by atoms with Gasteiger partial charge in [0.2, 0.25) is 0 Å². The van der Waals surface area contributed by atoms with Crippen molar-refractivity contribution in [2.24, 2.45) is 0 Å². The number of ether oxygens (including phenoxy) is 1. The summed E-state index contributed by atoms with van der Waals surface area (Å²) in [5.41, 5.74) is 0.488. The van der Waals surface area contributed by atoms with Crippen molar-refractivity contribution in [1.82, 2.24) is 10.6 Å². The molecule has 5 nitrogen and oxygen atoms in total. The summed E-state index contributed by atoms with van der Waals surface area (Å²) in [7, 11) is 0. The van der Waals surface area contributed by atoms with Crippen LogP contribution < -0.4 is 10.6 Å². The Morgan fingerprint density at radius 1 is 1.25 bits per heavy atom. The number of hydrogen-bond acceptors (Lipinski definition) is 4. The molecule has 0 aliphatic heterocycles. The molecule has 0 radical (unpaired) electrons. The van der Waals surface area contributed by atoms with Crippen molar-refractivity contribution >= 4 is 6.09 Å². The third-order valence-electron chi connectivity index (χ3n) is 3.75. The van der Waals surface area contributed by atoms with Crippen LogP contribution in [-0.2, 0) is 11.2 Å². The van der Waals surface area contributed by atoms with Crippen LogP contribution in [0.15, 0.2) is 30.3 Å². The number of aliphatic hydroxyl groups excluding tert-OH is 1. The standard InChI is InChI=1S/C19H32N2O3/c1-6-14(2)20-13-17(22)16(12-15-10-8-7-9-11-15)21-18(23)24-19(3,4)5/h7-11,14,16-17,20,22H,6,12-13H2,1-5H3,(H,21,23)/t14-,16+,17-/m1/s1. The molecule has 0 heterocycles. The van der Waals surface area contributed by atoms with Crippen molar-refractivity contribution < 1.29 is 14.6 Å². The van der Waals surface area contributed by atoms with E-state index in [1.807, 2.05) is 51.1 Å². The first-order valence-electron chi connectivity index (χ1n) is 8.66. The van der Waals surface area contributed by atoms with Crippen LogP contribution in [0.4, 0.5) is 4.79 Å². The third kappa shape index (κ3) is 8.31. The Hall–Kier alpha value is -1.59. The number of alkyl carbamates (subject to hydrolysis) is 1. The van der Waals surface area contributed by atoms with E-state index in [1.165, 1.54) is 0 Å². The number of amides is 1. The summed E-state index contributed by atoms with van der Waals surface area (Å²) in [6.07, 6.45) is 0.316. The third-order valence-corrected chi connectivity index (χ3v) is 3.75. The molecule has 0 saturated carbocycles. The lowest BCUT2D eigenvalue weighted by atomic mass is 10.0. The van der Waals surface area contributed by atoms with Crippen molar-refractivity contribution in [3.8, 4) is 0 Å². The molecular weight excluding hydrogens is 304 g/mol. The predicted octanol–water partition coefficient (Wildman–Crippen LogP) is 2.87. The highest BCUT2D eigenvalue weighted by atomic mass is 16.6. The van der Waals surface area contributed by atoms with E-state index in [0.717, 1.165) is 12.0 Å². The van der Waals surface area contributed by atoms with Gasteiger partial charge in [0.25, 0.3) is 0 Å². The van der Waals surface area contributed by atoms with Gasteiger partial charge in [-0.2, -0.15) is 0 Å². The van der Waals surface area contributed by atoms with Crippen LogP contribution in [0.1, 0.15) is 46.6 Å². The van der Waals surface area contributed by atoms with Crippen LogP contribution in [-0.4, -0.2) is 41.5 Å². The Labute approximate surface area is 145 Å². The van der Waals surface area contributed by atoms with Crippen molar-refractivity contribution in [2.45, 2.75) is 71.2 Å². The Balaban J connectivity index is 2.72. The lowest BCUT2D eigenvalue weighted by Crippen LogP contribution is -2.50. The molecule has 0 saturated heterocycles. The van der Waals surface area contributed by atoms with E-state index in [2.05, 4.69) is 24.5 Å². The Kier molecular flexibility index (Phi) is 8.22. The van der Waals surface area contributed by atoms with E-state index >= 15 is 0 Å². The summed E-state index contributed by atoms with van der Waals surface area (Å²) in [6.45, 7) is 10.0. The van der Waals surface area contributed by atoms with Gasteiger partial charge in [0.1, 0.15) is 5.60 Å². The van der Waals surface area contributed by atoms with Crippen LogP contribution in [0, 0.1) is 0 Å². The minimum absolute atomic E-state index is 0.318. The molecule has 0 unspecified atom stereocenters. The number of carbonyl (C=O) groups is 1. The van der Waals surface area contributed by atoms with Crippen LogP contribution in [0.25, 0.3) is 0 Å². The molecule has 0 spiro atoms. The molecule has 1 amide bonds. The van der Waals surface area contributed by atoms with Crippen LogP contribution in [0.5, 0.6) is 0 Å². The largest absolute Gasteiger partial charge is 0.444 e. The van der Waals surface area contributed by atoms with Gasteiger partial charge >= 0.3 is 6.09 Å². The molecule has 1 aromatic carbocycles. The number of nitrogens with one attached hydrogen (secondary N) is 2. The highest BCUT2D eigenvalue weighted by molar-refractivity contribution is 5.68. The molecule has 0 fully saturated rings. The van der Waals surface area contributed by atoms with Crippen molar-refractivity contribution in [3.05, 3.63) is 35.9 Å². The molecule has 0 aliphatic carbocycles. The normalized spacial score (nSPS) is 15.4. The summed E-state index contributed by atoms with van der Waals surface area (Å²) >= 11 is 0. The van der Waals surface area contributed by atoms with Crippen molar-refractivity contribution in [2.75, 3.05) is 6.54 Å². The van der Waals surface area contributed by atoms with Crippen molar-refractivity contribution in [1.29, 1.82) is 0 Å².